The lowest BCUT2D eigenvalue weighted by molar-refractivity contribution is -0.133. The highest BCUT2D eigenvalue weighted by Gasteiger charge is 2.22. The van der Waals surface area contributed by atoms with E-state index in [4.69, 9.17) is 16.3 Å². The molecule has 0 radical (unpaired) electrons. The summed E-state index contributed by atoms with van der Waals surface area (Å²) in [6.45, 7) is 2.05. The minimum Gasteiger partial charge on any atom is -0.384 e. The fourth-order valence-corrected chi connectivity index (χ4v) is 3.26. The number of benzene rings is 1. The molecule has 24 heavy (non-hydrogen) atoms. The van der Waals surface area contributed by atoms with Crippen molar-refractivity contribution in [3.05, 3.63) is 35.5 Å². The van der Waals surface area contributed by atoms with Crippen LogP contribution < -0.4 is 5.32 Å². The fourth-order valence-electron chi connectivity index (χ4n) is 3.08. The number of rotatable bonds is 5. The van der Waals surface area contributed by atoms with Gasteiger partial charge in [0.05, 0.1) is 18.5 Å². The molecule has 0 saturated carbocycles. The molecule has 1 aliphatic heterocycles. The molecular formula is C18H22ClN3O2. The van der Waals surface area contributed by atoms with E-state index in [1.54, 1.807) is 7.11 Å². The number of aromatic nitrogens is 1. The van der Waals surface area contributed by atoms with Crippen molar-refractivity contribution in [1.82, 2.24) is 9.88 Å². The van der Waals surface area contributed by atoms with Crippen LogP contribution in [0, 0.1) is 0 Å². The van der Waals surface area contributed by atoms with Crippen LogP contribution in [0.1, 0.15) is 19.3 Å². The first-order chi connectivity index (χ1) is 11.7. The van der Waals surface area contributed by atoms with Crippen molar-refractivity contribution >= 4 is 34.1 Å². The number of carbonyl (C=O) groups excluding carboxylic acids is 1. The van der Waals surface area contributed by atoms with Crippen molar-refractivity contribution in [3.63, 3.8) is 0 Å². The van der Waals surface area contributed by atoms with Crippen molar-refractivity contribution in [2.45, 2.75) is 25.3 Å². The molecular weight excluding hydrogens is 326 g/mol. The molecule has 5 nitrogen and oxygen atoms in total. The van der Waals surface area contributed by atoms with Crippen LogP contribution in [0.2, 0.25) is 5.02 Å². The molecule has 1 saturated heterocycles. The Balaban J connectivity index is 1.62. The number of ether oxygens (including phenoxy) is 1. The molecule has 1 fully saturated rings. The number of methoxy groups -OCH3 is 1. The molecule has 128 valence electrons. The van der Waals surface area contributed by atoms with Crippen LogP contribution in [-0.4, -0.2) is 48.6 Å². The standard InChI is InChI=1S/C18H22ClN3O2/c1-24-11-7-18(23)22-9-5-14(6-10-22)21-17-4-8-20-16-3-2-13(19)12-15(16)17/h2-4,8,12,14H,5-7,9-11H2,1H3,(H,20,21). The highest BCUT2D eigenvalue weighted by molar-refractivity contribution is 6.31. The number of hydrogen-bond acceptors (Lipinski definition) is 4. The van der Waals surface area contributed by atoms with Crippen LogP contribution in [0.3, 0.4) is 0 Å². The number of hydrogen-bond donors (Lipinski definition) is 1. The number of anilines is 1. The van der Waals surface area contributed by atoms with Gasteiger partial charge in [-0.2, -0.15) is 0 Å². The lowest BCUT2D eigenvalue weighted by Gasteiger charge is -2.33. The predicted octanol–water partition coefficient (Wildman–Crippen LogP) is 3.33. The molecule has 1 aliphatic rings. The number of nitrogens with one attached hydrogen (secondary N) is 1. The van der Waals surface area contributed by atoms with E-state index < -0.39 is 0 Å². The summed E-state index contributed by atoms with van der Waals surface area (Å²) >= 11 is 6.12. The molecule has 0 spiro atoms. The molecule has 0 atom stereocenters. The largest absolute Gasteiger partial charge is 0.384 e. The average Bonchev–Trinajstić information content (AvgIpc) is 2.61. The van der Waals surface area contributed by atoms with Crippen LogP contribution in [0.5, 0.6) is 0 Å². The lowest BCUT2D eigenvalue weighted by Crippen LogP contribution is -2.42. The van der Waals surface area contributed by atoms with Crippen molar-refractivity contribution in [1.29, 1.82) is 0 Å². The summed E-state index contributed by atoms with van der Waals surface area (Å²) in [7, 11) is 1.62. The maximum Gasteiger partial charge on any atom is 0.224 e. The second-order valence-electron chi connectivity index (χ2n) is 6.06. The number of halogens is 1. The van der Waals surface area contributed by atoms with Gasteiger partial charge >= 0.3 is 0 Å². The van der Waals surface area contributed by atoms with Crippen molar-refractivity contribution < 1.29 is 9.53 Å². The molecule has 1 amide bonds. The predicted molar refractivity (Wildman–Crippen MR) is 96.5 cm³/mol. The van der Waals surface area contributed by atoms with Gasteiger partial charge in [0, 0.05) is 48.5 Å². The lowest BCUT2D eigenvalue weighted by atomic mass is 10.0. The third-order valence-electron chi connectivity index (χ3n) is 4.43. The number of pyridine rings is 1. The van der Waals surface area contributed by atoms with Gasteiger partial charge in [-0.3, -0.25) is 9.78 Å². The summed E-state index contributed by atoms with van der Waals surface area (Å²) in [5.74, 6) is 0.177. The summed E-state index contributed by atoms with van der Waals surface area (Å²) in [6, 6.07) is 8.05. The summed E-state index contributed by atoms with van der Waals surface area (Å²) < 4.78 is 4.98. The Hall–Kier alpha value is -1.85. The molecule has 6 heteroatoms. The van der Waals surface area contributed by atoms with Gasteiger partial charge in [-0.15, -0.1) is 0 Å². The molecule has 1 N–H and O–H groups in total. The first-order valence-electron chi connectivity index (χ1n) is 8.25. The zero-order valence-electron chi connectivity index (χ0n) is 13.8. The maximum atomic E-state index is 12.0. The van der Waals surface area contributed by atoms with E-state index in [0.29, 0.717) is 24.1 Å². The van der Waals surface area contributed by atoms with Crippen LogP contribution in [0.15, 0.2) is 30.5 Å². The Bertz CT molecular complexity index is 714. The molecule has 2 heterocycles. The Morgan fingerprint density at radius 1 is 1.38 bits per heavy atom. The van der Waals surface area contributed by atoms with E-state index in [-0.39, 0.29) is 5.91 Å². The number of amides is 1. The molecule has 1 aromatic carbocycles. The van der Waals surface area contributed by atoms with E-state index in [1.165, 1.54) is 0 Å². The molecule has 0 unspecified atom stereocenters. The van der Waals surface area contributed by atoms with E-state index in [9.17, 15) is 4.79 Å². The van der Waals surface area contributed by atoms with Crippen LogP contribution in [0.25, 0.3) is 10.9 Å². The quantitative estimate of drug-likeness (QED) is 0.901. The Morgan fingerprint density at radius 3 is 2.92 bits per heavy atom. The Kier molecular flexibility index (Phi) is 5.53. The molecule has 1 aromatic heterocycles. The van der Waals surface area contributed by atoms with Gasteiger partial charge in [0.1, 0.15) is 0 Å². The summed E-state index contributed by atoms with van der Waals surface area (Å²) in [5, 5.41) is 5.33. The van der Waals surface area contributed by atoms with Crippen molar-refractivity contribution in [3.8, 4) is 0 Å². The van der Waals surface area contributed by atoms with Gasteiger partial charge in [0.25, 0.3) is 0 Å². The fraction of sp³-hybridized carbons (Fsp3) is 0.444. The van der Waals surface area contributed by atoms with Crippen LogP contribution in [0.4, 0.5) is 5.69 Å². The minimum atomic E-state index is 0.177. The number of likely N-dealkylation sites (tertiary alicyclic amines) is 1. The van der Waals surface area contributed by atoms with Gasteiger partial charge in [0.15, 0.2) is 0 Å². The van der Waals surface area contributed by atoms with Gasteiger partial charge in [-0.1, -0.05) is 11.6 Å². The van der Waals surface area contributed by atoms with Gasteiger partial charge < -0.3 is 15.0 Å². The van der Waals surface area contributed by atoms with Crippen LogP contribution >= 0.6 is 11.6 Å². The van der Waals surface area contributed by atoms with Gasteiger partial charge in [0.2, 0.25) is 5.91 Å². The van der Waals surface area contributed by atoms with E-state index >= 15 is 0 Å². The highest BCUT2D eigenvalue weighted by Crippen LogP contribution is 2.27. The molecule has 2 aromatic rings. The number of carbonyl (C=O) groups is 1. The van der Waals surface area contributed by atoms with Crippen molar-refractivity contribution in [2.75, 3.05) is 32.1 Å². The van der Waals surface area contributed by atoms with Gasteiger partial charge in [-0.05, 0) is 37.1 Å². The third-order valence-corrected chi connectivity index (χ3v) is 4.67. The first kappa shape index (κ1) is 17.0. The van der Waals surface area contributed by atoms with E-state index in [2.05, 4.69) is 10.3 Å². The zero-order valence-corrected chi connectivity index (χ0v) is 14.6. The maximum absolute atomic E-state index is 12.0. The smallest absolute Gasteiger partial charge is 0.224 e. The first-order valence-corrected chi connectivity index (χ1v) is 8.62. The Labute approximate surface area is 146 Å². The summed E-state index contributed by atoms with van der Waals surface area (Å²) in [6.07, 6.45) is 4.14. The second-order valence-corrected chi connectivity index (χ2v) is 6.50. The highest BCUT2D eigenvalue weighted by atomic mass is 35.5. The SMILES string of the molecule is COCCC(=O)N1CCC(Nc2ccnc3ccc(Cl)cc23)CC1. The van der Waals surface area contributed by atoms with Crippen molar-refractivity contribution in [2.24, 2.45) is 0 Å². The number of nitrogens with zero attached hydrogens (tertiary/aromatic N) is 2. The monoisotopic (exact) mass is 347 g/mol. The normalized spacial score (nSPS) is 15.7. The summed E-state index contributed by atoms with van der Waals surface area (Å²) in [4.78, 5) is 18.3. The topological polar surface area (TPSA) is 54.5 Å². The Morgan fingerprint density at radius 2 is 2.17 bits per heavy atom. The molecule has 0 bridgehead atoms. The second kappa shape index (κ2) is 7.81. The molecule has 0 aliphatic carbocycles. The summed E-state index contributed by atoms with van der Waals surface area (Å²) in [5.41, 5.74) is 1.98. The van der Waals surface area contributed by atoms with E-state index in [0.717, 1.165) is 42.5 Å². The zero-order chi connectivity index (χ0) is 16.9. The van der Waals surface area contributed by atoms with Crippen LogP contribution in [-0.2, 0) is 9.53 Å². The van der Waals surface area contributed by atoms with Gasteiger partial charge in [-0.25, -0.2) is 0 Å². The van der Waals surface area contributed by atoms with E-state index in [1.807, 2.05) is 35.4 Å². The number of piperidine rings is 1. The molecule has 3 rings (SSSR count). The number of fused-ring (bicyclic) bond motifs is 1. The third kappa shape index (κ3) is 3.97. The minimum absolute atomic E-state index is 0.177. The average molecular weight is 348 g/mol.